The van der Waals surface area contributed by atoms with E-state index in [0.717, 1.165) is 28.4 Å². The van der Waals surface area contributed by atoms with E-state index in [1.807, 2.05) is 29.9 Å². The third-order valence-electron chi connectivity index (χ3n) is 3.03. The van der Waals surface area contributed by atoms with Crippen molar-refractivity contribution in [1.29, 1.82) is 0 Å². The minimum Gasteiger partial charge on any atom is -0.298 e. The van der Waals surface area contributed by atoms with E-state index in [1.165, 1.54) is 12.8 Å². The van der Waals surface area contributed by atoms with Crippen LogP contribution in [0.1, 0.15) is 34.8 Å². The van der Waals surface area contributed by atoms with Gasteiger partial charge in [-0.25, -0.2) is 0 Å². The summed E-state index contributed by atoms with van der Waals surface area (Å²) in [4.78, 5) is 11.0. The van der Waals surface area contributed by atoms with E-state index in [0.29, 0.717) is 5.92 Å². The van der Waals surface area contributed by atoms with Crippen LogP contribution in [-0.4, -0.2) is 16.1 Å². The molecule has 3 heteroatoms. The second kappa shape index (κ2) is 2.92. The van der Waals surface area contributed by atoms with Gasteiger partial charge in [0, 0.05) is 23.9 Å². The molecule has 1 fully saturated rings. The summed E-state index contributed by atoms with van der Waals surface area (Å²) in [5.41, 5.74) is 2.93. The zero-order valence-electron chi connectivity index (χ0n) is 8.60. The molecule has 15 heavy (non-hydrogen) atoms. The van der Waals surface area contributed by atoms with Crippen molar-refractivity contribution in [2.45, 2.75) is 18.8 Å². The van der Waals surface area contributed by atoms with Gasteiger partial charge in [0.1, 0.15) is 0 Å². The molecule has 0 bridgehead atoms. The van der Waals surface area contributed by atoms with E-state index in [1.54, 1.807) is 0 Å². The van der Waals surface area contributed by atoms with Gasteiger partial charge in [0.05, 0.1) is 11.2 Å². The van der Waals surface area contributed by atoms with Crippen molar-refractivity contribution in [3.05, 3.63) is 29.5 Å². The molecule has 1 aromatic heterocycles. The molecular weight excluding hydrogens is 188 g/mol. The number of carbonyl (C=O) groups is 1. The predicted molar refractivity (Wildman–Crippen MR) is 58.1 cm³/mol. The Balaban J connectivity index is 2.39. The molecule has 0 aliphatic heterocycles. The molecule has 0 N–H and O–H groups in total. The molecule has 1 aromatic carbocycles. The number of benzene rings is 1. The maximum Gasteiger partial charge on any atom is 0.150 e. The van der Waals surface area contributed by atoms with Gasteiger partial charge in [0.2, 0.25) is 0 Å². The minimum absolute atomic E-state index is 0.579. The van der Waals surface area contributed by atoms with E-state index >= 15 is 0 Å². The summed E-state index contributed by atoms with van der Waals surface area (Å²) in [6.45, 7) is 0. The van der Waals surface area contributed by atoms with Crippen LogP contribution in [0.2, 0.25) is 0 Å². The second-order valence-electron chi connectivity index (χ2n) is 4.14. The van der Waals surface area contributed by atoms with Crippen LogP contribution in [0.15, 0.2) is 18.2 Å². The van der Waals surface area contributed by atoms with Gasteiger partial charge < -0.3 is 0 Å². The van der Waals surface area contributed by atoms with Crippen molar-refractivity contribution in [3.63, 3.8) is 0 Å². The fourth-order valence-corrected chi connectivity index (χ4v) is 2.11. The van der Waals surface area contributed by atoms with Crippen molar-refractivity contribution in [2.24, 2.45) is 7.05 Å². The number of aryl methyl sites for hydroxylation is 1. The lowest BCUT2D eigenvalue weighted by atomic mass is 10.1. The Morgan fingerprint density at radius 1 is 1.47 bits per heavy atom. The third kappa shape index (κ3) is 1.19. The lowest BCUT2D eigenvalue weighted by Gasteiger charge is -1.96. The van der Waals surface area contributed by atoms with Crippen LogP contribution in [0.4, 0.5) is 0 Å². The average molecular weight is 200 g/mol. The molecule has 0 atom stereocenters. The van der Waals surface area contributed by atoms with Gasteiger partial charge in [-0.1, -0.05) is 12.1 Å². The highest BCUT2D eigenvalue weighted by atomic mass is 16.1. The molecule has 0 unspecified atom stereocenters. The lowest BCUT2D eigenvalue weighted by molar-refractivity contribution is 0.112. The fourth-order valence-electron chi connectivity index (χ4n) is 2.11. The number of aromatic nitrogens is 2. The highest BCUT2D eigenvalue weighted by Crippen LogP contribution is 2.42. The maximum atomic E-state index is 11.0. The normalized spacial score (nSPS) is 15.8. The van der Waals surface area contributed by atoms with Crippen LogP contribution in [-0.2, 0) is 7.05 Å². The molecule has 1 saturated carbocycles. The SMILES string of the molecule is Cn1nc(C2CC2)c2c(C=O)cccc21. The predicted octanol–water partition coefficient (Wildman–Crippen LogP) is 2.26. The number of fused-ring (bicyclic) bond motifs is 1. The summed E-state index contributed by atoms with van der Waals surface area (Å²) in [6.07, 6.45) is 3.34. The standard InChI is InChI=1S/C12H12N2O/c1-14-10-4-2-3-9(7-15)11(10)12(13-14)8-5-6-8/h2-4,7-8H,5-6H2,1H3. The fraction of sp³-hybridized carbons (Fsp3) is 0.333. The second-order valence-corrected chi connectivity index (χ2v) is 4.14. The number of rotatable bonds is 2. The molecule has 0 amide bonds. The van der Waals surface area contributed by atoms with Crippen LogP contribution >= 0.6 is 0 Å². The molecule has 0 saturated heterocycles. The Labute approximate surface area is 87.7 Å². The average Bonchev–Trinajstić information content (AvgIpc) is 3.04. The number of carbonyl (C=O) groups excluding carboxylic acids is 1. The Bertz CT molecular complexity index is 538. The molecule has 3 nitrogen and oxygen atoms in total. The van der Waals surface area contributed by atoms with Crippen molar-refractivity contribution >= 4 is 17.2 Å². The Hall–Kier alpha value is -1.64. The van der Waals surface area contributed by atoms with E-state index < -0.39 is 0 Å². The van der Waals surface area contributed by atoms with E-state index in [-0.39, 0.29) is 0 Å². The van der Waals surface area contributed by atoms with E-state index in [9.17, 15) is 4.79 Å². The van der Waals surface area contributed by atoms with Crippen LogP contribution in [0.5, 0.6) is 0 Å². The number of hydrogen-bond acceptors (Lipinski definition) is 2. The van der Waals surface area contributed by atoms with Gasteiger partial charge in [0.15, 0.2) is 6.29 Å². The molecule has 0 radical (unpaired) electrons. The minimum atomic E-state index is 0.579. The van der Waals surface area contributed by atoms with Gasteiger partial charge in [-0.15, -0.1) is 0 Å². The summed E-state index contributed by atoms with van der Waals surface area (Å²) < 4.78 is 1.87. The van der Waals surface area contributed by atoms with Crippen molar-refractivity contribution in [3.8, 4) is 0 Å². The van der Waals surface area contributed by atoms with Crippen LogP contribution in [0.25, 0.3) is 10.9 Å². The van der Waals surface area contributed by atoms with Crippen molar-refractivity contribution < 1.29 is 4.79 Å². The first-order chi connectivity index (χ1) is 7.31. The zero-order chi connectivity index (χ0) is 10.4. The van der Waals surface area contributed by atoms with Gasteiger partial charge in [-0.3, -0.25) is 9.48 Å². The molecule has 1 aliphatic carbocycles. The quantitative estimate of drug-likeness (QED) is 0.697. The first-order valence-corrected chi connectivity index (χ1v) is 5.22. The van der Waals surface area contributed by atoms with Crippen molar-refractivity contribution in [1.82, 2.24) is 9.78 Å². The van der Waals surface area contributed by atoms with Crippen molar-refractivity contribution in [2.75, 3.05) is 0 Å². The molecule has 76 valence electrons. The first-order valence-electron chi connectivity index (χ1n) is 5.22. The van der Waals surface area contributed by atoms with E-state index in [2.05, 4.69) is 5.10 Å². The van der Waals surface area contributed by atoms with Gasteiger partial charge in [-0.2, -0.15) is 5.10 Å². The topological polar surface area (TPSA) is 34.9 Å². The summed E-state index contributed by atoms with van der Waals surface area (Å²) in [6, 6.07) is 5.79. The molecular formula is C12H12N2O. The molecule has 0 spiro atoms. The molecule has 1 heterocycles. The first kappa shape index (κ1) is 8.65. The zero-order valence-corrected chi connectivity index (χ0v) is 8.60. The molecule has 1 aliphatic rings. The smallest absolute Gasteiger partial charge is 0.150 e. The van der Waals surface area contributed by atoms with Gasteiger partial charge in [0.25, 0.3) is 0 Å². The highest BCUT2D eigenvalue weighted by molar-refractivity contribution is 5.98. The summed E-state index contributed by atoms with van der Waals surface area (Å²) in [5, 5.41) is 5.57. The molecule has 2 aromatic rings. The van der Waals surface area contributed by atoms with Crippen LogP contribution in [0, 0.1) is 0 Å². The molecule has 3 rings (SSSR count). The van der Waals surface area contributed by atoms with Crippen LogP contribution < -0.4 is 0 Å². The summed E-state index contributed by atoms with van der Waals surface area (Å²) in [7, 11) is 1.93. The highest BCUT2D eigenvalue weighted by Gasteiger charge is 2.29. The van der Waals surface area contributed by atoms with Gasteiger partial charge in [-0.05, 0) is 18.9 Å². The third-order valence-corrected chi connectivity index (χ3v) is 3.03. The lowest BCUT2D eigenvalue weighted by Crippen LogP contribution is -1.90. The van der Waals surface area contributed by atoms with E-state index in [4.69, 9.17) is 0 Å². The van der Waals surface area contributed by atoms with Gasteiger partial charge >= 0.3 is 0 Å². The Morgan fingerprint density at radius 3 is 2.93 bits per heavy atom. The number of aldehydes is 1. The van der Waals surface area contributed by atoms with Crippen LogP contribution in [0.3, 0.4) is 0 Å². The number of nitrogens with zero attached hydrogens (tertiary/aromatic N) is 2. The maximum absolute atomic E-state index is 11.0. The largest absolute Gasteiger partial charge is 0.298 e. The summed E-state index contributed by atoms with van der Waals surface area (Å²) in [5.74, 6) is 0.579. The summed E-state index contributed by atoms with van der Waals surface area (Å²) >= 11 is 0. The Morgan fingerprint density at radius 2 is 2.27 bits per heavy atom. The number of hydrogen-bond donors (Lipinski definition) is 0. The Kier molecular flexibility index (Phi) is 1.69. The monoisotopic (exact) mass is 200 g/mol.